The minimum Gasteiger partial charge on any atom is -0.472 e. The van der Waals surface area contributed by atoms with E-state index in [2.05, 4.69) is 32.9 Å². The first-order chi connectivity index (χ1) is 15.7. The Balaban J connectivity index is 1.13. The average Bonchev–Trinajstić information content (AvgIpc) is 3.27. The van der Waals surface area contributed by atoms with Gasteiger partial charge in [-0.15, -0.1) is 0 Å². The van der Waals surface area contributed by atoms with E-state index in [4.69, 9.17) is 9.84 Å². The molecule has 0 atom stereocenters. The Bertz CT molecular complexity index is 1100. The van der Waals surface area contributed by atoms with E-state index in [1.807, 2.05) is 35.3 Å². The molecule has 32 heavy (non-hydrogen) atoms. The lowest BCUT2D eigenvalue weighted by Crippen LogP contribution is -2.52. The number of rotatable bonds is 4. The van der Waals surface area contributed by atoms with Gasteiger partial charge in [-0.05, 0) is 57.0 Å². The van der Waals surface area contributed by atoms with Gasteiger partial charge in [-0.2, -0.15) is 5.10 Å². The highest BCUT2D eigenvalue weighted by Crippen LogP contribution is 2.35. The van der Waals surface area contributed by atoms with E-state index in [1.165, 1.54) is 0 Å². The molecule has 0 amide bonds. The fraction of sp³-hybridized carbons (Fsp3) is 0.458. The average molecular weight is 435 g/mol. The molecule has 1 saturated carbocycles. The van der Waals surface area contributed by atoms with Crippen LogP contribution in [0.1, 0.15) is 31.2 Å². The Labute approximate surface area is 186 Å². The lowest BCUT2D eigenvalue weighted by Gasteiger charge is -2.45. The highest BCUT2D eigenvalue weighted by molar-refractivity contribution is 5.69. The molecule has 8 heteroatoms. The van der Waals surface area contributed by atoms with Crippen molar-refractivity contribution in [1.82, 2.24) is 24.6 Å². The summed E-state index contributed by atoms with van der Waals surface area (Å²) in [5.41, 5.74) is 3.99. The van der Waals surface area contributed by atoms with Crippen LogP contribution in [0, 0.1) is 0 Å². The van der Waals surface area contributed by atoms with Crippen LogP contribution in [0.25, 0.3) is 17.1 Å². The van der Waals surface area contributed by atoms with E-state index in [9.17, 15) is 4.39 Å². The molecule has 6 rings (SSSR count). The third-order valence-corrected chi connectivity index (χ3v) is 7.18. The van der Waals surface area contributed by atoms with Crippen molar-refractivity contribution in [1.29, 1.82) is 0 Å². The van der Waals surface area contributed by atoms with Gasteiger partial charge in [0.05, 0.1) is 17.4 Å². The van der Waals surface area contributed by atoms with Gasteiger partial charge >= 0.3 is 0 Å². The van der Waals surface area contributed by atoms with Crippen LogP contribution in [0.2, 0.25) is 0 Å². The maximum absolute atomic E-state index is 13.2. The van der Waals surface area contributed by atoms with Crippen molar-refractivity contribution in [3.05, 3.63) is 48.4 Å². The zero-order valence-electron chi connectivity index (χ0n) is 18.2. The molecule has 0 unspecified atom stereocenters. The summed E-state index contributed by atoms with van der Waals surface area (Å²) in [7, 11) is 2.16. The minimum absolute atomic E-state index is 0.426. The summed E-state index contributed by atoms with van der Waals surface area (Å²) < 4.78 is 20.8. The number of hydrogen-bond donors (Lipinski definition) is 0. The van der Waals surface area contributed by atoms with Crippen molar-refractivity contribution >= 4 is 5.69 Å². The van der Waals surface area contributed by atoms with Gasteiger partial charge in [0.2, 0.25) is 5.88 Å². The van der Waals surface area contributed by atoms with Crippen LogP contribution >= 0.6 is 0 Å². The molecule has 1 aliphatic carbocycles. The van der Waals surface area contributed by atoms with Crippen LogP contribution in [-0.2, 0) is 6.61 Å². The monoisotopic (exact) mass is 434 g/mol. The van der Waals surface area contributed by atoms with E-state index in [0.717, 1.165) is 54.3 Å². The second kappa shape index (κ2) is 7.85. The van der Waals surface area contributed by atoms with Gasteiger partial charge in [0.15, 0.2) is 5.82 Å². The van der Waals surface area contributed by atoms with Gasteiger partial charge in [-0.3, -0.25) is 0 Å². The number of nitrogens with zero attached hydrogens (tertiary/aromatic N) is 6. The molecule has 1 saturated heterocycles. The number of anilines is 1. The summed E-state index contributed by atoms with van der Waals surface area (Å²) in [5, 5.41) is 4.76. The van der Waals surface area contributed by atoms with Gasteiger partial charge in [0, 0.05) is 43.1 Å². The Kier molecular flexibility index (Phi) is 4.82. The number of hydrogen-bond acceptors (Lipinski definition) is 6. The molecule has 3 aromatic rings. The molecule has 0 bridgehead atoms. The first kappa shape index (κ1) is 19.7. The van der Waals surface area contributed by atoms with Crippen LogP contribution in [0.5, 0.6) is 5.88 Å². The summed E-state index contributed by atoms with van der Waals surface area (Å²) in [5.74, 6) is 1.42. The van der Waals surface area contributed by atoms with Crippen molar-refractivity contribution in [3.8, 4) is 23.0 Å². The molecule has 5 heterocycles. The van der Waals surface area contributed by atoms with Crippen molar-refractivity contribution in [2.75, 3.05) is 25.0 Å². The van der Waals surface area contributed by atoms with Crippen molar-refractivity contribution < 1.29 is 9.13 Å². The Morgan fingerprint density at radius 3 is 2.69 bits per heavy atom. The molecule has 0 spiro atoms. The summed E-state index contributed by atoms with van der Waals surface area (Å²) in [4.78, 5) is 13.8. The van der Waals surface area contributed by atoms with Gasteiger partial charge in [-0.25, -0.2) is 19.0 Å². The smallest absolute Gasteiger partial charge is 0.223 e. The van der Waals surface area contributed by atoms with Crippen molar-refractivity contribution in [2.24, 2.45) is 0 Å². The number of pyridine rings is 2. The fourth-order valence-electron chi connectivity index (χ4n) is 5.08. The van der Waals surface area contributed by atoms with E-state index in [1.54, 1.807) is 6.20 Å². The van der Waals surface area contributed by atoms with E-state index in [0.29, 0.717) is 37.4 Å². The predicted octanol–water partition coefficient (Wildman–Crippen LogP) is 3.62. The summed E-state index contributed by atoms with van der Waals surface area (Å²) >= 11 is 0. The molecule has 2 aliphatic heterocycles. The highest BCUT2D eigenvalue weighted by Gasteiger charge is 2.36. The minimum atomic E-state index is -0.591. The summed E-state index contributed by atoms with van der Waals surface area (Å²) in [6.07, 6.45) is 8.67. The molecule has 0 aromatic carbocycles. The molecule has 3 aliphatic rings. The summed E-state index contributed by atoms with van der Waals surface area (Å²) in [6.45, 7) is 2.46. The number of aromatic nitrogens is 4. The topological polar surface area (TPSA) is 59.3 Å². The lowest BCUT2D eigenvalue weighted by molar-refractivity contribution is 0.0368. The van der Waals surface area contributed by atoms with Gasteiger partial charge < -0.3 is 14.5 Å². The molecular formula is C24H27FN6O. The second-order valence-electron chi connectivity index (χ2n) is 9.07. The standard InChI is InChI=1S/C24H27FN6O/c1-29(20-11-17(25)12-20)18-6-9-30(10-7-18)19-4-5-22(27-13-19)31-14-16-15-32-24-21(23(16)28-31)3-2-8-26-24/h2-5,8,13-14,17-18,20H,6-7,9-12,15H2,1H3. The summed E-state index contributed by atoms with van der Waals surface area (Å²) in [6, 6.07) is 9.00. The first-order valence-electron chi connectivity index (χ1n) is 11.4. The zero-order chi connectivity index (χ0) is 21.7. The van der Waals surface area contributed by atoms with Crippen LogP contribution in [-0.4, -0.2) is 63.0 Å². The quantitative estimate of drug-likeness (QED) is 0.625. The normalized spacial score (nSPS) is 22.8. The molecule has 166 valence electrons. The number of halogens is 1. The largest absolute Gasteiger partial charge is 0.472 e. The van der Waals surface area contributed by atoms with E-state index >= 15 is 0 Å². The second-order valence-corrected chi connectivity index (χ2v) is 9.07. The Hall–Kier alpha value is -3.00. The molecule has 7 nitrogen and oxygen atoms in total. The molecule has 0 N–H and O–H groups in total. The number of alkyl halides is 1. The van der Waals surface area contributed by atoms with Crippen LogP contribution < -0.4 is 9.64 Å². The number of ether oxygens (including phenoxy) is 1. The van der Waals surface area contributed by atoms with E-state index in [-0.39, 0.29) is 0 Å². The van der Waals surface area contributed by atoms with Crippen LogP contribution in [0.3, 0.4) is 0 Å². The Morgan fingerprint density at radius 2 is 1.94 bits per heavy atom. The lowest BCUT2D eigenvalue weighted by atomic mass is 9.87. The zero-order valence-corrected chi connectivity index (χ0v) is 18.2. The number of piperidine rings is 1. The molecule has 0 radical (unpaired) electrons. The SMILES string of the molecule is CN(C1CCN(c2ccc(-n3cc4c(n3)-c3cccnc3OC4)nc2)CC1)C1CC(F)C1. The highest BCUT2D eigenvalue weighted by atomic mass is 19.1. The van der Waals surface area contributed by atoms with Crippen molar-refractivity contribution in [3.63, 3.8) is 0 Å². The van der Waals surface area contributed by atoms with Crippen molar-refractivity contribution in [2.45, 2.75) is 50.5 Å². The van der Waals surface area contributed by atoms with Crippen LogP contribution in [0.4, 0.5) is 10.1 Å². The Morgan fingerprint density at radius 1 is 1.09 bits per heavy atom. The third kappa shape index (κ3) is 3.43. The van der Waals surface area contributed by atoms with Crippen LogP contribution in [0.15, 0.2) is 42.9 Å². The molecule has 3 aromatic heterocycles. The van der Waals surface area contributed by atoms with E-state index < -0.39 is 6.17 Å². The first-order valence-corrected chi connectivity index (χ1v) is 11.4. The third-order valence-electron chi connectivity index (χ3n) is 7.18. The maximum Gasteiger partial charge on any atom is 0.223 e. The fourth-order valence-corrected chi connectivity index (χ4v) is 5.08. The molecule has 2 fully saturated rings. The molecular weight excluding hydrogens is 407 g/mol. The van der Waals surface area contributed by atoms with Gasteiger partial charge in [-0.1, -0.05) is 0 Å². The van der Waals surface area contributed by atoms with Gasteiger partial charge in [0.25, 0.3) is 0 Å². The van der Waals surface area contributed by atoms with Gasteiger partial charge in [0.1, 0.15) is 18.5 Å². The number of fused-ring (bicyclic) bond motifs is 3. The maximum atomic E-state index is 13.2. The predicted molar refractivity (Wildman–Crippen MR) is 120 cm³/mol.